The van der Waals surface area contributed by atoms with Crippen LogP contribution in [0.15, 0.2) is 91.0 Å². The molecule has 1 nitrogen and oxygen atoms in total. The maximum atomic E-state index is 12.2. The van der Waals surface area contributed by atoms with Gasteiger partial charge >= 0.3 is 12.4 Å². The van der Waals surface area contributed by atoms with Gasteiger partial charge in [0.1, 0.15) is 5.75 Å². The molecule has 0 saturated carbocycles. The number of rotatable bonds is 1. The number of ether oxygens (including phenoxy) is 1. The summed E-state index contributed by atoms with van der Waals surface area (Å²) in [5.74, 6) is 0.956. The van der Waals surface area contributed by atoms with Crippen molar-refractivity contribution in [3.63, 3.8) is 0 Å². The van der Waals surface area contributed by atoms with Gasteiger partial charge in [0.2, 0.25) is 0 Å². The van der Waals surface area contributed by atoms with Gasteiger partial charge in [-0.2, -0.15) is 26.3 Å². The molecule has 0 saturated heterocycles. The van der Waals surface area contributed by atoms with Crippen LogP contribution in [-0.2, 0) is 12.4 Å². The minimum absolute atomic E-state index is 0.0721. The molecule has 4 aromatic carbocycles. The molecule has 0 amide bonds. The van der Waals surface area contributed by atoms with Crippen molar-refractivity contribution >= 4 is 23.2 Å². The number of halogens is 8. The second-order valence-electron chi connectivity index (χ2n) is 8.65. The number of methoxy groups -OCH3 is 1. The van der Waals surface area contributed by atoms with Gasteiger partial charge in [-0.25, -0.2) is 0 Å². The molecule has 40 heavy (non-hydrogen) atoms. The van der Waals surface area contributed by atoms with Crippen LogP contribution in [0.3, 0.4) is 0 Å². The summed E-state index contributed by atoms with van der Waals surface area (Å²) in [5, 5.41) is 1.61. The molecule has 0 radical (unpaired) electrons. The van der Waals surface area contributed by atoms with Crippen LogP contribution in [0.4, 0.5) is 26.3 Å². The third kappa shape index (κ3) is 13.8. The van der Waals surface area contributed by atoms with Crippen molar-refractivity contribution in [3.8, 4) is 5.75 Å². The number of alkyl halides is 6. The summed E-state index contributed by atoms with van der Waals surface area (Å²) in [6, 6.07) is 24.9. The highest BCUT2D eigenvalue weighted by molar-refractivity contribution is 6.30. The van der Waals surface area contributed by atoms with Crippen LogP contribution >= 0.6 is 23.2 Å². The molecule has 0 spiro atoms. The lowest BCUT2D eigenvalue weighted by Crippen LogP contribution is -2.11. The summed E-state index contributed by atoms with van der Waals surface area (Å²) in [6.07, 6.45) is -9.52. The van der Waals surface area contributed by atoms with Crippen molar-refractivity contribution in [2.24, 2.45) is 0 Å². The molecular formula is C31H30Cl2F6O. The van der Waals surface area contributed by atoms with Crippen molar-refractivity contribution in [3.05, 3.63) is 134 Å². The van der Waals surface area contributed by atoms with E-state index < -0.39 is 23.5 Å². The molecule has 0 aromatic heterocycles. The molecule has 4 aromatic rings. The zero-order valence-electron chi connectivity index (χ0n) is 22.6. The number of hydrogen-bond acceptors (Lipinski definition) is 1. The maximum absolute atomic E-state index is 12.2. The predicted molar refractivity (Wildman–Crippen MR) is 151 cm³/mol. The smallest absolute Gasteiger partial charge is 0.416 e. The Hall–Kier alpha value is -3.16. The highest BCUT2D eigenvalue weighted by atomic mass is 35.5. The van der Waals surface area contributed by atoms with Gasteiger partial charge in [-0.3, -0.25) is 0 Å². The minimum atomic E-state index is -4.76. The Kier molecular flexibility index (Phi) is 14.1. The largest absolute Gasteiger partial charge is 0.496 e. The highest BCUT2D eigenvalue weighted by Gasteiger charge is 2.36. The van der Waals surface area contributed by atoms with Gasteiger partial charge in [-0.05, 0) is 92.9 Å². The number of hydrogen-bond donors (Lipinski definition) is 0. The average Bonchev–Trinajstić information content (AvgIpc) is 2.86. The van der Waals surface area contributed by atoms with Gasteiger partial charge in [0.05, 0.1) is 18.2 Å². The predicted octanol–water partition coefficient (Wildman–Crippen LogP) is 11.3. The number of aryl methyl sites for hydroxylation is 4. The Morgan fingerprint density at radius 2 is 1.05 bits per heavy atom. The Morgan fingerprint density at radius 1 is 0.525 bits per heavy atom. The van der Waals surface area contributed by atoms with E-state index in [1.54, 1.807) is 7.11 Å². The van der Waals surface area contributed by atoms with Crippen LogP contribution in [-0.4, -0.2) is 7.11 Å². The van der Waals surface area contributed by atoms with E-state index in [4.69, 9.17) is 27.9 Å². The van der Waals surface area contributed by atoms with Crippen LogP contribution < -0.4 is 4.74 Å². The van der Waals surface area contributed by atoms with Gasteiger partial charge in [0, 0.05) is 10.0 Å². The molecule has 0 aliphatic heterocycles. The molecule has 0 unspecified atom stereocenters. The Morgan fingerprint density at radius 3 is 1.40 bits per heavy atom. The van der Waals surface area contributed by atoms with Crippen LogP contribution in [0.25, 0.3) is 0 Å². The third-order valence-corrected chi connectivity index (χ3v) is 5.52. The summed E-state index contributed by atoms with van der Waals surface area (Å²) in [6.45, 7) is 7.27. The Balaban J connectivity index is 0.000000278. The third-order valence-electron chi connectivity index (χ3n) is 5.04. The van der Waals surface area contributed by atoms with E-state index in [1.807, 2.05) is 93.6 Å². The van der Waals surface area contributed by atoms with Crippen molar-refractivity contribution < 1.29 is 31.1 Å². The van der Waals surface area contributed by atoms with E-state index in [2.05, 4.69) is 0 Å². The van der Waals surface area contributed by atoms with Gasteiger partial charge in [-0.1, -0.05) is 71.2 Å². The fourth-order valence-corrected chi connectivity index (χ4v) is 3.41. The lowest BCUT2D eigenvalue weighted by Gasteiger charge is -2.12. The maximum Gasteiger partial charge on any atom is 0.416 e. The van der Waals surface area contributed by atoms with Crippen molar-refractivity contribution in [1.29, 1.82) is 0 Å². The summed E-state index contributed by atoms with van der Waals surface area (Å²) in [5.41, 5.74) is 0.994. The van der Waals surface area contributed by atoms with E-state index in [0.29, 0.717) is 12.1 Å². The molecule has 0 bridgehead atoms. The summed E-state index contributed by atoms with van der Waals surface area (Å²) in [7, 11) is 1.68. The quantitative estimate of drug-likeness (QED) is 0.197. The molecule has 0 atom stereocenters. The zero-order valence-corrected chi connectivity index (χ0v) is 24.1. The minimum Gasteiger partial charge on any atom is -0.496 e. The first kappa shape index (κ1) is 34.9. The molecule has 0 N–H and O–H groups in total. The van der Waals surface area contributed by atoms with Crippen molar-refractivity contribution in [2.45, 2.75) is 40.0 Å². The molecule has 4 rings (SSSR count). The fourth-order valence-electron chi connectivity index (χ4n) is 3.03. The molecule has 0 heterocycles. The van der Waals surface area contributed by atoms with Gasteiger partial charge in [0.25, 0.3) is 0 Å². The van der Waals surface area contributed by atoms with E-state index in [1.165, 1.54) is 23.6 Å². The first-order valence-corrected chi connectivity index (χ1v) is 12.6. The van der Waals surface area contributed by atoms with Crippen molar-refractivity contribution in [1.82, 2.24) is 0 Å². The Bertz CT molecular complexity index is 1250. The zero-order chi connectivity index (χ0) is 30.5. The van der Waals surface area contributed by atoms with E-state index in [0.717, 1.165) is 15.8 Å². The topological polar surface area (TPSA) is 9.23 Å². The molecule has 9 heteroatoms. The number of para-hydroxylation sites is 1. The summed E-state index contributed by atoms with van der Waals surface area (Å²) in [4.78, 5) is 0. The fraction of sp³-hybridized carbons (Fsp3) is 0.226. The van der Waals surface area contributed by atoms with Crippen LogP contribution in [0.2, 0.25) is 10.0 Å². The lowest BCUT2D eigenvalue weighted by atomic mass is 10.1. The lowest BCUT2D eigenvalue weighted by molar-refractivity contribution is -0.143. The normalized spacial score (nSPS) is 10.6. The van der Waals surface area contributed by atoms with Crippen LogP contribution in [0.5, 0.6) is 5.75 Å². The van der Waals surface area contributed by atoms with Gasteiger partial charge in [0.15, 0.2) is 0 Å². The van der Waals surface area contributed by atoms with Crippen LogP contribution in [0, 0.1) is 27.7 Å². The second kappa shape index (κ2) is 16.2. The number of benzene rings is 4. The van der Waals surface area contributed by atoms with Gasteiger partial charge in [-0.15, -0.1) is 0 Å². The molecule has 0 aliphatic carbocycles. The molecular weight excluding hydrogens is 573 g/mol. The van der Waals surface area contributed by atoms with E-state index in [9.17, 15) is 26.3 Å². The van der Waals surface area contributed by atoms with Crippen LogP contribution in [0.1, 0.15) is 33.4 Å². The highest BCUT2D eigenvalue weighted by Crippen LogP contribution is 2.36. The SMILES string of the molecule is COc1ccccc1C.Cc1cc(C(F)(F)F)cc(C(F)(F)F)c1.Cc1ccc(Cl)cc1.Cc1cccc(Cl)c1. The van der Waals surface area contributed by atoms with E-state index in [-0.39, 0.29) is 11.6 Å². The Labute approximate surface area is 241 Å². The summed E-state index contributed by atoms with van der Waals surface area (Å²) >= 11 is 11.3. The monoisotopic (exact) mass is 602 g/mol. The standard InChI is InChI=1S/C9H6F6.C8H10O.2C7H7Cl/c1-5-2-6(8(10,11)12)4-7(3-5)9(13,14)15;1-7-5-3-4-6-8(7)9-2;1-6-2-4-7(8)5-3-6;1-6-3-2-4-7(8)5-6/h2-4H,1H3;3-6H,1-2H3;2*2-5H,1H3. The second-order valence-corrected chi connectivity index (χ2v) is 9.52. The molecule has 0 fully saturated rings. The molecule has 0 aliphatic rings. The van der Waals surface area contributed by atoms with E-state index >= 15 is 0 Å². The first-order chi connectivity index (χ1) is 18.5. The van der Waals surface area contributed by atoms with Gasteiger partial charge < -0.3 is 4.74 Å². The first-order valence-electron chi connectivity index (χ1n) is 11.8. The summed E-state index contributed by atoms with van der Waals surface area (Å²) < 4.78 is 78.1. The van der Waals surface area contributed by atoms with Crippen molar-refractivity contribution in [2.75, 3.05) is 7.11 Å². The average molecular weight is 603 g/mol. The molecule has 216 valence electrons.